The quantitative estimate of drug-likeness (QED) is 0.181. The van der Waals surface area contributed by atoms with E-state index < -0.39 is 0 Å². The minimum atomic E-state index is -0.325. The number of hydrogen-bond acceptors (Lipinski definition) is 4. The van der Waals surface area contributed by atoms with Crippen LogP contribution in [0.2, 0.25) is 0 Å². The summed E-state index contributed by atoms with van der Waals surface area (Å²) < 4.78 is 6.63. The summed E-state index contributed by atoms with van der Waals surface area (Å²) in [6.45, 7) is 0. The third kappa shape index (κ3) is 5.22. The molecule has 0 saturated carbocycles. The molecule has 0 aliphatic carbocycles. The van der Waals surface area contributed by atoms with Crippen LogP contribution in [0.1, 0.15) is 22.9 Å². The maximum absolute atomic E-state index is 6.63. The van der Waals surface area contributed by atoms with Gasteiger partial charge in [0, 0.05) is 21.9 Å². The third-order valence-corrected chi connectivity index (χ3v) is 10.9. The number of aliphatic imine (C=N–C) groups is 2. The van der Waals surface area contributed by atoms with Gasteiger partial charge in [0.05, 0.1) is 0 Å². The van der Waals surface area contributed by atoms with Crippen molar-refractivity contribution in [2.75, 3.05) is 0 Å². The van der Waals surface area contributed by atoms with E-state index in [1.807, 2.05) is 12.1 Å². The molecule has 55 heavy (non-hydrogen) atoms. The molecule has 4 nitrogen and oxygen atoms in total. The normalized spacial score (nSPS) is 14.4. The smallest absolute Gasteiger partial charge is 0.159 e. The lowest BCUT2D eigenvalue weighted by atomic mass is 9.91. The molecule has 9 aromatic carbocycles. The summed E-state index contributed by atoms with van der Waals surface area (Å²) in [5.74, 6) is 1.44. The van der Waals surface area contributed by atoms with Gasteiger partial charge in [-0.3, -0.25) is 0 Å². The molecular formula is C51H33N3O. The van der Waals surface area contributed by atoms with Crippen molar-refractivity contribution >= 4 is 65.9 Å². The summed E-state index contributed by atoms with van der Waals surface area (Å²) in [5.41, 5.74) is 9.22. The molecule has 1 N–H and O–H groups in total. The molecule has 0 spiro atoms. The maximum Gasteiger partial charge on any atom is 0.159 e. The van der Waals surface area contributed by atoms with Crippen LogP contribution in [-0.4, -0.2) is 11.7 Å². The van der Waals surface area contributed by atoms with Crippen molar-refractivity contribution in [2.24, 2.45) is 9.98 Å². The van der Waals surface area contributed by atoms with Gasteiger partial charge in [0.1, 0.15) is 23.2 Å². The minimum Gasteiger partial charge on any atom is -0.456 e. The van der Waals surface area contributed by atoms with E-state index in [0.717, 1.165) is 61.2 Å². The fourth-order valence-corrected chi connectivity index (χ4v) is 8.34. The molecule has 1 aliphatic rings. The van der Waals surface area contributed by atoms with Crippen molar-refractivity contribution in [3.8, 4) is 22.3 Å². The number of nitrogens with one attached hydrogen (secondary N) is 1. The third-order valence-electron chi connectivity index (χ3n) is 10.9. The molecule has 10 aromatic rings. The molecule has 0 radical (unpaired) electrons. The molecule has 1 aromatic heterocycles. The molecular weight excluding hydrogens is 671 g/mol. The first-order valence-electron chi connectivity index (χ1n) is 18.7. The van der Waals surface area contributed by atoms with Crippen LogP contribution in [0.15, 0.2) is 202 Å². The number of furan rings is 1. The van der Waals surface area contributed by atoms with E-state index in [1.165, 1.54) is 37.9 Å². The van der Waals surface area contributed by atoms with Gasteiger partial charge in [0.2, 0.25) is 0 Å². The summed E-state index contributed by atoms with van der Waals surface area (Å²) in [6.07, 6.45) is -0.325. The largest absolute Gasteiger partial charge is 0.456 e. The molecule has 1 unspecified atom stereocenters. The van der Waals surface area contributed by atoms with E-state index in [2.05, 4.69) is 181 Å². The zero-order chi connectivity index (χ0) is 36.3. The number of nitrogens with zero attached hydrogens (tertiary/aromatic N) is 2. The van der Waals surface area contributed by atoms with Crippen LogP contribution in [0.25, 0.3) is 76.5 Å². The highest BCUT2D eigenvalue weighted by Gasteiger charge is 2.25. The SMILES string of the molecule is c1ccc(-c2ccc(C3=NC(c4ccccc4)NC(c4cccc5oc6cccc(-c7ccc8c9ccccc9c9ccccc9c8c7)c6c45)=N3)cc2)cc1. The molecule has 4 heteroatoms. The van der Waals surface area contributed by atoms with Crippen LogP contribution >= 0.6 is 0 Å². The van der Waals surface area contributed by atoms with E-state index in [9.17, 15) is 0 Å². The van der Waals surface area contributed by atoms with Crippen LogP contribution < -0.4 is 5.32 Å². The molecule has 11 rings (SSSR count). The van der Waals surface area contributed by atoms with E-state index in [4.69, 9.17) is 14.4 Å². The fourth-order valence-electron chi connectivity index (χ4n) is 8.34. The topological polar surface area (TPSA) is 49.9 Å². The number of hydrogen-bond donors (Lipinski definition) is 1. The Hall–Kier alpha value is -7.30. The Kier molecular flexibility index (Phi) is 7.20. The first-order chi connectivity index (χ1) is 27.3. The summed E-state index contributed by atoms with van der Waals surface area (Å²) in [4.78, 5) is 10.4. The Morgan fingerprint density at radius 1 is 0.400 bits per heavy atom. The van der Waals surface area contributed by atoms with Gasteiger partial charge >= 0.3 is 0 Å². The fraction of sp³-hybridized carbons (Fsp3) is 0.0196. The Labute approximate surface area is 317 Å². The monoisotopic (exact) mass is 703 g/mol. The van der Waals surface area contributed by atoms with Gasteiger partial charge in [-0.1, -0.05) is 170 Å². The number of rotatable bonds is 5. The van der Waals surface area contributed by atoms with Crippen molar-refractivity contribution in [3.63, 3.8) is 0 Å². The number of benzene rings is 9. The van der Waals surface area contributed by atoms with Crippen LogP contribution in [-0.2, 0) is 0 Å². The summed E-state index contributed by atoms with van der Waals surface area (Å²) >= 11 is 0. The average molecular weight is 704 g/mol. The number of amidine groups is 2. The van der Waals surface area contributed by atoms with E-state index in [0.29, 0.717) is 5.84 Å². The Bertz CT molecular complexity index is 3120. The Balaban J connectivity index is 1.10. The maximum atomic E-state index is 6.63. The van der Waals surface area contributed by atoms with Crippen LogP contribution in [0.3, 0.4) is 0 Å². The summed E-state index contributed by atoms with van der Waals surface area (Å²) in [5, 5.41) is 13.3. The highest BCUT2D eigenvalue weighted by Crippen LogP contribution is 2.42. The van der Waals surface area contributed by atoms with E-state index in [1.54, 1.807) is 0 Å². The Morgan fingerprint density at radius 2 is 0.909 bits per heavy atom. The lowest BCUT2D eigenvalue weighted by Gasteiger charge is -2.24. The van der Waals surface area contributed by atoms with Crippen molar-refractivity contribution < 1.29 is 4.42 Å². The van der Waals surface area contributed by atoms with Gasteiger partial charge in [-0.05, 0) is 78.3 Å². The second-order valence-electron chi connectivity index (χ2n) is 14.1. The van der Waals surface area contributed by atoms with Gasteiger partial charge in [-0.15, -0.1) is 0 Å². The lowest BCUT2D eigenvalue weighted by Crippen LogP contribution is -2.33. The predicted molar refractivity (Wildman–Crippen MR) is 229 cm³/mol. The van der Waals surface area contributed by atoms with Gasteiger partial charge in [0.25, 0.3) is 0 Å². The van der Waals surface area contributed by atoms with E-state index in [-0.39, 0.29) is 6.17 Å². The molecule has 0 saturated heterocycles. The first kappa shape index (κ1) is 31.2. The standard InChI is InChI=1S/C51H33N3O/c1-3-13-32(14-4-1)33-25-27-35(28-26-33)50-52-49(34-15-5-2-6-16-34)53-51(54-50)43-22-12-24-46-48(43)47-37(21-11-23-45(47)55-46)36-29-30-42-40-19-8-7-17-38(40)39-18-9-10-20-41(39)44(42)31-36/h1-31,49H,(H,52,53,54). The van der Waals surface area contributed by atoms with Crippen molar-refractivity contribution in [3.05, 3.63) is 205 Å². The van der Waals surface area contributed by atoms with Gasteiger partial charge < -0.3 is 9.73 Å². The summed E-state index contributed by atoms with van der Waals surface area (Å²) in [6, 6.07) is 66.3. The van der Waals surface area contributed by atoms with Crippen molar-refractivity contribution in [2.45, 2.75) is 6.17 Å². The zero-order valence-corrected chi connectivity index (χ0v) is 29.8. The minimum absolute atomic E-state index is 0.325. The molecule has 1 aliphatic heterocycles. The molecule has 1 atom stereocenters. The molecule has 258 valence electrons. The highest BCUT2D eigenvalue weighted by molar-refractivity contribution is 6.27. The van der Waals surface area contributed by atoms with Crippen molar-refractivity contribution in [1.29, 1.82) is 0 Å². The van der Waals surface area contributed by atoms with Crippen LogP contribution in [0.5, 0.6) is 0 Å². The van der Waals surface area contributed by atoms with Crippen LogP contribution in [0, 0.1) is 0 Å². The molecule has 2 heterocycles. The summed E-state index contributed by atoms with van der Waals surface area (Å²) in [7, 11) is 0. The van der Waals surface area contributed by atoms with Crippen molar-refractivity contribution in [1.82, 2.24) is 5.32 Å². The van der Waals surface area contributed by atoms with Gasteiger partial charge in [-0.25, -0.2) is 9.98 Å². The predicted octanol–water partition coefficient (Wildman–Crippen LogP) is 12.9. The number of fused-ring (bicyclic) bond motifs is 9. The first-order valence-corrected chi connectivity index (χ1v) is 18.7. The average Bonchev–Trinajstić information content (AvgIpc) is 3.66. The van der Waals surface area contributed by atoms with Gasteiger partial charge in [0.15, 0.2) is 5.84 Å². The zero-order valence-electron chi connectivity index (χ0n) is 29.8. The van der Waals surface area contributed by atoms with Gasteiger partial charge in [-0.2, -0.15) is 0 Å². The molecule has 0 amide bonds. The highest BCUT2D eigenvalue weighted by atomic mass is 16.3. The van der Waals surface area contributed by atoms with E-state index >= 15 is 0 Å². The van der Waals surface area contributed by atoms with Crippen LogP contribution in [0.4, 0.5) is 0 Å². The Morgan fingerprint density at radius 3 is 1.58 bits per heavy atom. The second-order valence-corrected chi connectivity index (χ2v) is 14.1. The molecule has 0 fully saturated rings. The lowest BCUT2D eigenvalue weighted by molar-refractivity contribution is 0.668. The molecule has 0 bridgehead atoms. The second kappa shape index (κ2) is 12.7.